The molecule has 0 saturated heterocycles. The van der Waals surface area contributed by atoms with Gasteiger partial charge in [0.05, 0.1) is 11.6 Å². The number of hydrogen-bond donors (Lipinski definition) is 2. The van der Waals surface area contributed by atoms with Gasteiger partial charge in [-0.15, -0.1) is 0 Å². The van der Waals surface area contributed by atoms with Crippen LogP contribution in [0.3, 0.4) is 0 Å². The van der Waals surface area contributed by atoms with Crippen LogP contribution in [0.2, 0.25) is 0 Å². The lowest BCUT2D eigenvalue weighted by Crippen LogP contribution is -2.10. The molecule has 3 N–H and O–H groups in total. The minimum atomic E-state index is 0.173. The largest absolute Gasteiger partial charge is 0.491 e. The van der Waals surface area contributed by atoms with Crippen LogP contribution in [0.25, 0.3) is 10.9 Å². The van der Waals surface area contributed by atoms with Crippen LogP contribution in [0.1, 0.15) is 19.4 Å². The predicted molar refractivity (Wildman–Crippen MR) is 70.1 cm³/mol. The molecule has 0 fully saturated rings. The number of aromatic nitrogens is 1. The fourth-order valence-electron chi connectivity index (χ4n) is 1.75. The van der Waals surface area contributed by atoms with Crippen molar-refractivity contribution in [1.82, 2.24) is 4.98 Å². The standard InChI is InChI=1S/C13H17N3O/c1-8(2)17-11-4-5-12-10(7-11)6-9(3)13(15-12)16-14/h4-8H,14H2,1-3H3,(H,15,16). The molecule has 0 unspecified atom stereocenters. The van der Waals surface area contributed by atoms with Crippen LogP contribution >= 0.6 is 0 Å². The predicted octanol–water partition coefficient (Wildman–Crippen LogP) is 2.62. The Morgan fingerprint density at radius 3 is 2.71 bits per heavy atom. The number of nitrogens with two attached hydrogens (primary N) is 1. The van der Waals surface area contributed by atoms with Crippen molar-refractivity contribution in [2.45, 2.75) is 26.9 Å². The first kappa shape index (κ1) is 11.7. The Bertz CT molecular complexity index is 537. The highest BCUT2D eigenvalue weighted by Gasteiger charge is 2.04. The lowest BCUT2D eigenvalue weighted by molar-refractivity contribution is 0.243. The number of nitrogens with zero attached hydrogens (tertiary/aromatic N) is 1. The molecule has 90 valence electrons. The first-order chi connectivity index (χ1) is 8.10. The van der Waals surface area contributed by atoms with E-state index in [-0.39, 0.29) is 6.10 Å². The van der Waals surface area contributed by atoms with Gasteiger partial charge in [-0.2, -0.15) is 0 Å². The number of rotatable bonds is 3. The lowest BCUT2D eigenvalue weighted by atomic mass is 10.1. The summed E-state index contributed by atoms with van der Waals surface area (Å²) in [4.78, 5) is 4.42. The molecular formula is C13H17N3O. The molecule has 0 saturated carbocycles. The molecule has 4 heteroatoms. The summed E-state index contributed by atoms with van der Waals surface area (Å²) < 4.78 is 5.65. The highest BCUT2D eigenvalue weighted by molar-refractivity contribution is 5.83. The fourth-order valence-corrected chi connectivity index (χ4v) is 1.75. The molecule has 1 heterocycles. The van der Waals surface area contributed by atoms with E-state index in [1.54, 1.807) is 0 Å². The Kier molecular flexibility index (Phi) is 3.15. The van der Waals surface area contributed by atoms with Crippen LogP contribution < -0.4 is 16.0 Å². The summed E-state index contributed by atoms with van der Waals surface area (Å²) in [5, 5.41) is 1.06. The van der Waals surface area contributed by atoms with Crippen molar-refractivity contribution in [3.63, 3.8) is 0 Å². The first-order valence-electron chi connectivity index (χ1n) is 5.65. The van der Waals surface area contributed by atoms with Gasteiger partial charge in [-0.05, 0) is 50.6 Å². The Balaban J connectivity index is 2.47. The molecule has 0 atom stereocenters. The van der Waals surface area contributed by atoms with Crippen LogP contribution in [-0.2, 0) is 0 Å². The maximum atomic E-state index is 5.65. The van der Waals surface area contributed by atoms with Crippen molar-refractivity contribution < 1.29 is 4.74 Å². The average Bonchev–Trinajstić information content (AvgIpc) is 2.27. The van der Waals surface area contributed by atoms with Crippen LogP contribution in [-0.4, -0.2) is 11.1 Å². The highest BCUT2D eigenvalue weighted by Crippen LogP contribution is 2.24. The second-order valence-corrected chi connectivity index (χ2v) is 4.32. The normalized spacial score (nSPS) is 10.9. The van der Waals surface area contributed by atoms with Crippen LogP contribution in [0, 0.1) is 6.92 Å². The van der Waals surface area contributed by atoms with Crippen molar-refractivity contribution in [2.24, 2.45) is 5.84 Å². The van der Waals surface area contributed by atoms with Gasteiger partial charge in [-0.3, -0.25) is 0 Å². The number of ether oxygens (including phenoxy) is 1. The Labute approximate surface area is 101 Å². The van der Waals surface area contributed by atoms with Gasteiger partial charge < -0.3 is 10.2 Å². The van der Waals surface area contributed by atoms with Crippen molar-refractivity contribution in [3.8, 4) is 5.75 Å². The van der Waals surface area contributed by atoms with Crippen LogP contribution in [0.15, 0.2) is 24.3 Å². The second-order valence-electron chi connectivity index (χ2n) is 4.32. The van der Waals surface area contributed by atoms with E-state index in [0.717, 1.165) is 22.2 Å². The van der Waals surface area contributed by atoms with Crippen LogP contribution in [0.5, 0.6) is 5.75 Å². The maximum Gasteiger partial charge on any atom is 0.143 e. The number of hydrazine groups is 1. The quantitative estimate of drug-likeness (QED) is 0.629. The molecule has 2 aromatic rings. The number of pyridine rings is 1. The summed E-state index contributed by atoms with van der Waals surface area (Å²) in [6.45, 7) is 5.99. The molecule has 0 amide bonds. The molecule has 0 bridgehead atoms. The maximum absolute atomic E-state index is 5.65. The fraction of sp³-hybridized carbons (Fsp3) is 0.308. The van der Waals surface area contributed by atoms with Crippen LogP contribution in [0.4, 0.5) is 5.82 Å². The Morgan fingerprint density at radius 1 is 1.29 bits per heavy atom. The monoisotopic (exact) mass is 231 g/mol. The topological polar surface area (TPSA) is 60.2 Å². The SMILES string of the molecule is Cc1cc2cc(OC(C)C)ccc2nc1NN. The first-order valence-corrected chi connectivity index (χ1v) is 5.65. The summed E-state index contributed by atoms with van der Waals surface area (Å²) in [5.41, 5.74) is 4.51. The van der Waals surface area contributed by atoms with Gasteiger partial charge in [0.1, 0.15) is 11.6 Å². The average molecular weight is 231 g/mol. The number of anilines is 1. The highest BCUT2D eigenvalue weighted by atomic mass is 16.5. The molecule has 17 heavy (non-hydrogen) atoms. The van der Waals surface area contributed by atoms with Gasteiger partial charge >= 0.3 is 0 Å². The number of nitrogens with one attached hydrogen (secondary N) is 1. The zero-order valence-electron chi connectivity index (χ0n) is 10.3. The summed E-state index contributed by atoms with van der Waals surface area (Å²) in [7, 11) is 0. The van der Waals surface area contributed by atoms with Gasteiger partial charge in [0.2, 0.25) is 0 Å². The number of fused-ring (bicyclic) bond motifs is 1. The third kappa shape index (κ3) is 2.47. The third-order valence-corrected chi connectivity index (χ3v) is 2.49. The second kappa shape index (κ2) is 4.59. The Hall–Kier alpha value is -1.81. The zero-order valence-corrected chi connectivity index (χ0v) is 10.3. The van der Waals surface area contributed by atoms with E-state index in [4.69, 9.17) is 10.6 Å². The molecule has 0 spiro atoms. The Morgan fingerprint density at radius 2 is 2.06 bits per heavy atom. The van der Waals surface area contributed by atoms with E-state index >= 15 is 0 Å². The molecule has 1 aromatic carbocycles. The number of benzene rings is 1. The van der Waals surface area contributed by atoms with Gasteiger partial charge in [0, 0.05) is 5.39 Å². The van der Waals surface area contributed by atoms with E-state index in [2.05, 4.69) is 10.4 Å². The number of aryl methyl sites for hydroxylation is 1. The molecule has 0 aliphatic rings. The van der Waals surface area contributed by atoms with Crippen molar-refractivity contribution in [2.75, 3.05) is 5.43 Å². The van der Waals surface area contributed by atoms with Crippen molar-refractivity contribution in [1.29, 1.82) is 0 Å². The van der Waals surface area contributed by atoms with Gasteiger partial charge in [-0.1, -0.05) is 0 Å². The summed E-state index contributed by atoms with van der Waals surface area (Å²) in [6.07, 6.45) is 0.173. The zero-order chi connectivity index (χ0) is 12.4. The number of nitrogen functional groups attached to an aromatic ring is 1. The molecular weight excluding hydrogens is 214 g/mol. The molecule has 4 nitrogen and oxygen atoms in total. The van der Waals surface area contributed by atoms with Crippen molar-refractivity contribution >= 4 is 16.7 Å². The van der Waals surface area contributed by atoms with E-state index < -0.39 is 0 Å². The van der Waals surface area contributed by atoms with E-state index in [1.165, 1.54) is 0 Å². The van der Waals surface area contributed by atoms with Gasteiger partial charge in [0.25, 0.3) is 0 Å². The molecule has 0 aliphatic carbocycles. The van der Waals surface area contributed by atoms with E-state index in [0.29, 0.717) is 5.82 Å². The molecule has 0 aliphatic heterocycles. The van der Waals surface area contributed by atoms with Crippen molar-refractivity contribution in [3.05, 3.63) is 29.8 Å². The minimum absolute atomic E-state index is 0.173. The molecule has 2 rings (SSSR count). The van der Waals surface area contributed by atoms with Gasteiger partial charge in [0.15, 0.2) is 0 Å². The van der Waals surface area contributed by atoms with E-state index in [9.17, 15) is 0 Å². The third-order valence-electron chi connectivity index (χ3n) is 2.49. The summed E-state index contributed by atoms with van der Waals surface area (Å²) in [6, 6.07) is 7.90. The van der Waals surface area contributed by atoms with E-state index in [1.807, 2.05) is 45.0 Å². The summed E-state index contributed by atoms with van der Waals surface area (Å²) in [5.74, 6) is 6.97. The van der Waals surface area contributed by atoms with Gasteiger partial charge in [-0.25, -0.2) is 10.8 Å². The number of hydrogen-bond acceptors (Lipinski definition) is 4. The molecule has 0 radical (unpaired) electrons. The minimum Gasteiger partial charge on any atom is -0.491 e. The summed E-state index contributed by atoms with van der Waals surface area (Å²) >= 11 is 0. The lowest BCUT2D eigenvalue weighted by Gasteiger charge is -2.11. The molecule has 1 aromatic heterocycles. The smallest absolute Gasteiger partial charge is 0.143 e.